The maximum absolute atomic E-state index is 5.38. The summed E-state index contributed by atoms with van der Waals surface area (Å²) in [6.45, 7) is 4.45. The molecule has 0 amide bonds. The first-order chi connectivity index (χ1) is 11.7. The van der Waals surface area contributed by atoms with E-state index < -0.39 is 0 Å². The summed E-state index contributed by atoms with van der Waals surface area (Å²) >= 11 is 0. The van der Waals surface area contributed by atoms with E-state index in [4.69, 9.17) is 4.74 Å². The lowest BCUT2D eigenvalue weighted by atomic mass is 10.1. The van der Waals surface area contributed by atoms with Gasteiger partial charge in [0.2, 0.25) is 0 Å². The predicted octanol–water partition coefficient (Wildman–Crippen LogP) is 1.77. The molecule has 1 heterocycles. The van der Waals surface area contributed by atoms with Crippen LogP contribution in [0.25, 0.3) is 0 Å². The lowest BCUT2D eigenvalue weighted by Crippen LogP contribution is -2.38. The van der Waals surface area contributed by atoms with Crippen LogP contribution in [0.15, 0.2) is 41.7 Å². The summed E-state index contributed by atoms with van der Waals surface area (Å²) in [5.74, 6) is 1.76. The van der Waals surface area contributed by atoms with E-state index in [0.29, 0.717) is 6.54 Å². The monoisotopic (exact) mass is 329 g/mol. The van der Waals surface area contributed by atoms with E-state index >= 15 is 0 Å². The van der Waals surface area contributed by atoms with Crippen LogP contribution in [-0.2, 0) is 19.9 Å². The number of benzene rings is 1. The van der Waals surface area contributed by atoms with E-state index in [0.717, 1.165) is 37.6 Å². The molecule has 0 fully saturated rings. The number of aromatic nitrogens is 2. The summed E-state index contributed by atoms with van der Waals surface area (Å²) in [5.41, 5.74) is 2.39. The lowest BCUT2D eigenvalue weighted by molar-refractivity contribution is 0.410. The first-order valence-electron chi connectivity index (χ1n) is 8.34. The van der Waals surface area contributed by atoms with Crippen LogP contribution in [0.4, 0.5) is 0 Å². The highest BCUT2D eigenvalue weighted by atomic mass is 16.5. The molecular weight excluding hydrogens is 302 g/mol. The highest BCUT2D eigenvalue weighted by molar-refractivity contribution is 5.79. The Labute approximate surface area is 143 Å². The Kier molecular flexibility index (Phi) is 7.14. The average molecular weight is 329 g/mol. The molecule has 1 aromatic carbocycles. The van der Waals surface area contributed by atoms with Crippen molar-refractivity contribution in [3.8, 4) is 5.75 Å². The van der Waals surface area contributed by atoms with Gasteiger partial charge in [-0.1, -0.05) is 18.2 Å². The van der Waals surface area contributed by atoms with Crippen LogP contribution in [0.3, 0.4) is 0 Å². The van der Waals surface area contributed by atoms with Gasteiger partial charge < -0.3 is 15.4 Å². The quantitative estimate of drug-likeness (QED) is 0.572. The zero-order valence-electron chi connectivity index (χ0n) is 14.7. The third-order valence-corrected chi connectivity index (χ3v) is 3.65. The van der Waals surface area contributed by atoms with Gasteiger partial charge in [0.1, 0.15) is 5.75 Å². The van der Waals surface area contributed by atoms with Gasteiger partial charge in [-0.15, -0.1) is 0 Å². The van der Waals surface area contributed by atoms with Gasteiger partial charge in [0, 0.05) is 32.9 Å². The van der Waals surface area contributed by atoms with Crippen molar-refractivity contribution in [3.63, 3.8) is 0 Å². The lowest BCUT2D eigenvalue weighted by Gasteiger charge is -2.11. The number of nitrogens with zero attached hydrogens (tertiary/aromatic N) is 3. The average Bonchev–Trinajstić information content (AvgIpc) is 3.00. The van der Waals surface area contributed by atoms with E-state index in [2.05, 4.69) is 33.7 Å². The fraction of sp³-hybridized carbons (Fsp3) is 0.444. The molecule has 1 aromatic heterocycles. The van der Waals surface area contributed by atoms with Crippen LogP contribution in [0.2, 0.25) is 0 Å². The van der Waals surface area contributed by atoms with E-state index in [1.807, 2.05) is 42.3 Å². The minimum atomic E-state index is 0.711. The SMILES string of the molecule is CCNC(=NCCc1ccccc1OC)NCCc1cnn(C)c1. The first kappa shape index (κ1) is 17.8. The van der Waals surface area contributed by atoms with Crippen molar-refractivity contribution >= 4 is 5.96 Å². The molecule has 0 saturated carbocycles. The number of nitrogens with one attached hydrogen (secondary N) is 2. The minimum Gasteiger partial charge on any atom is -0.496 e. The molecule has 2 rings (SSSR count). The highest BCUT2D eigenvalue weighted by Gasteiger charge is 2.02. The van der Waals surface area contributed by atoms with Gasteiger partial charge in [0.05, 0.1) is 13.3 Å². The Morgan fingerprint density at radius 2 is 2.08 bits per heavy atom. The third-order valence-electron chi connectivity index (χ3n) is 3.65. The van der Waals surface area contributed by atoms with Crippen molar-refractivity contribution in [2.24, 2.45) is 12.0 Å². The van der Waals surface area contributed by atoms with Gasteiger partial charge in [0.25, 0.3) is 0 Å². The molecule has 0 unspecified atom stereocenters. The van der Waals surface area contributed by atoms with Gasteiger partial charge in [-0.3, -0.25) is 9.67 Å². The van der Waals surface area contributed by atoms with E-state index in [1.165, 1.54) is 11.1 Å². The second-order valence-electron chi connectivity index (χ2n) is 5.52. The summed E-state index contributed by atoms with van der Waals surface area (Å²) in [5, 5.41) is 10.8. The van der Waals surface area contributed by atoms with Gasteiger partial charge in [-0.2, -0.15) is 5.10 Å². The summed E-state index contributed by atoms with van der Waals surface area (Å²) < 4.78 is 7.20. The second-order valence-corrected chi connectivity index (χ2v) is 5.52. The zero-order valence-corrected chi connectivity index (χ0v) is 14.7. The summed E-state index contributed by atoms with van der Waals surface area (Å²) in [4.78, 5) is 4.64. The standard InChI is InChI=1S/C18H27N5O/c1-4-19-18(20-11-9-15-13-22-23(2)14-15)21-12-10-16-7-5-6-8-17(16)24-3/h5-8,13-14H,4,9-12H2,1-3H3,(H2,19,20,21). The van der Waals surface area contributed by atoms with Gasteiger partial charge in [0.15, 0.2) is 5.96 Å². The molecule has 2 N–H and O–H groups in total. The molecule has 6 nitrogen and oxygen atoms in total. The third kappa shape index (κ3) is 5.61. The Morgan fingerprint density at radius 1 is 1.25 bits per heavy atom. The van der Waals surface area contributed by atoms with Crippen molar-refractivity contribution in [2.45, 2.75) is 19.8 Å². The van der Waals surface area contributed by atoms with Crippen molar-refractivity contribution in [2.75, 3.05) is 26.7 Å². The second kappa shape index (κ2) is 9.60. The molecule has 0 radical (unpaired) electrons. The molecule has 2 aromatic rings. The van der Waals surface area contributed by atoms with Crippen LogP contribution in [0.1, 0.15) is 18.1 Å². The van der Waals surface area contributed by atoms with Crippen molar-refractivity contribution in [3.05, 3.63) is 47.8 Å². The van der Waals surface area contributed by atoms with Gasteiger partial charge in [-0.05, 0) is 37.0 Å². The van der Waals surface area contributed by atoms with Crippen molar-refractivity contribution in [1.82, 2.24) is 20.4 Å². The largest absolute Gasteiger partial charge is 0.496 e. The number of rotatable bonds is 8. The molecule has 0 aliphatic rings. The molecule has 6 heteroatoms. The summed E-state index contributed by atoms with van der Waals surface area (Å²) in [6.07, 6.45) is 5.70. The number of hydrogen-bond donors (Lipinski definition) is 2. The Balaban J connectivity index is 1.83. The fourth-order valence-corrected chi connectivity index (χ4v) is 2.47. The number of aryl methyl sites for hydroxylation is 1. The fourth-order valence-electron chi connectivity index (χ4n) is 2.47. The van der Waals surface area contributed by atoms with E-state index in [1.54, 1.807) is 7.11 Å². The normalized spacial score (nSPS) is 11.4. The zero-order chi connectivity index (χ0) is 17.2. The number of guanidine groups is 1. The molecule has 130 valence electrons. The predicted molar refractivity (Wildman–Crippen MR) is 97.6 cm³/mol. The molecule has 0 saturated heterocycles. The molecule has 0 aliphatic heterocycles. The summed E-state index contributed by atoms with van der Waals surface area (Å²) in [7, 11) is 3.63. The van der Waals surface area contributed by atoms with Crippen LogP contribution in [-0.4, -0.2) is 42.5 Å². The number of methoxy groups -OCH3 is 1. The van der Waals surface area contributed by atoms with Crippen LogP contribution in [0, 0.1) is 0 Å². The first-order valence-corrected chi connectivity index (χ1v) is 8.34. The molecule has 0 atom stereocenters. The van der Waals surface area contributed by atoms with Crippen molar-refractivity contribution in [1.29, 1.82) is 0 Å². The summed E-state index contributed by atoms with van der Waals surface area (Å²) in [6, 6.07) is 8.07. The van der Waals surface area contributed by atoms with Crippen LogP contribution >= 0.6 is 0 Å². The van der Waals surface area contributed by atoms with Gasteiger partial charge in [-0.25, -0.2) is 0 Å². The van der Waals surface area contributed by atoms with E-state index in [-0.39, 0.29) is 0 Å². The number of para-hydroxylation sites is 1. The van der Waals surface area contributed by atoms with Crippen LogP contribution < -0.4 is 15.4 Å². The Bertz CT molecular complexity index is 650. The molecule has 0 spiro atoms. The minimum absolute atomic E-state index is 0.711. The van der Waals surface area contributed by atoms with Gasteiger partial charge >= 0.3 is 0 Å². The molecule has 0 aliphatic carbocycles. The maximum atomic E-state index is 5.38. The van der Waals surface area contributed by atoms with Crippen molar-refractivity contribution < 1.29 is 4.74 Å². The maximum Gasteiger partial charge on any atom is 0.191 e. The Hall–Kier alpha value is -2.50. The number of hydrogen-bond acceptors (Lipinski definition) is 3. The van der Waals surface area contributed by atoms with Crippen LogP contribution in [0.5, 0.6) is 5.75 Å². The molecule has 0 bridgehead atoms. The smallest absolute Gasteiger partial charge is 0.191 e. The molecular formula is C18H27N5O. The molecule has 24 heavy (non-hydrogen) atoms. The van der Waals surface area contributed by atoms with E-state index in [9.17, 15) is 0 Å². The number of ether oxygens (including phenoxy) is 1. The highest BCUT2D eigenvalue weighted by Crippen LogP contribution is 2.17. The Morgan fingerprint density at radius 3 is 2.79 bits per heavy atom. The topological polar surface area (TPSA) is 63.5 Å². The number of aliphatic imine (C=N–C) groups is 1.